The highest BCUT2D eigenvalue weighted by molar-refractivity contribution is 5.75. The summed E-state index contributed by atoms with van der Waals surface area (Å²) in [5, 5.41) is 3.51. The van der Waals surface area contributed by atoms with Gasteiger partial charge in [0.1, 0.15) is 12.1 Å². The number of anilines is 1. The van der Waals surface area contributed by atoms with Gasteiger partial charge < -0.3 is 15.1 Å². The Labute approximate surface area is 130 Å². The number of nitrogens with zero attached hydrogens (tertiary/aromatic N) is 4. The molecule has 3 aliphatic rings. The number of nitrogens with one attached hydrogen (secondary N) is 1. The summed E-state index contributed by atoms with van der Waals surface area (Å²) in [4.78, 5) is 25.4. The second kappa shape index (κ2) is 5.74. The van der Waals surface area contributed by atoms with E-state index in [0.717, 1.165) is 63.4 Å². The van der Waals surface area contributed by atoms with Gasteiger partial charge >= 0.3 is 6.03 Å². The van der Waals surface area contributed by atoms with E-state index in [4.69, 9.17) is 0 Å². The van der Waals surface area contributed by atoms with Crippen LogP contribution in [0.4, 0.5) is 10.6 Å². The molecule has 0 unspecified atom stereocenters. The quantitative estimate of drug-likeness (QED) is 0.902. The molecule has 1 saturated heterocycles. The summed E-state index contributed by atoms with van der Waals surface area (Å²) in [6.45, 7) is 3.37. The lowest BCUT2D eigenvalue weighted by atomic mass is 10.1. The van der Waals surface area contributed by atoms with E-state index in [9.17, 15) is 4.79 Å². The minimum atomic E-state index is 0.204. The van der Waals surface area contributed by atoms with E-state index < -0.39 is 0 Å². The molecule has 2 amide bonds. The van der Waals surface area contributed by atoms with Crippen molar-refractivity contribution in [3.63, 3.8) is 0 Å². The first-order chi connectivity index (χ1) is 10.8. The summed E-state index contributed by atoms with van der Waals surface area (Å²) < 4.78 is 0. The normalized spacial score (nSPS) is 21.5. The second-order valence-electron chi connectivity index (χ2n) is 6.53. The van der Waals surface area contributed by atoms with Gasteiger partial charge in [-0.3, -0.25) is 0 Å². The minimum Gasteiger partial charge on any atom is -0.367 e. The van der Waals surface area contributed by atoms with Crippen LogP contribution in [0, 0.1) is 0 Å². The van der Waals surface area contributed by atoms with Crippen LogP contribution in [0.15, 0.2) is 6.33 Å². The number of likely N-dealkylation sites (tertiary alicyclic amines) is 1. The Morgan fingerprint density at radius 3 is 2.55 bits per heavy atom. The zero-order valence-electron chi connectivity index (χ0n) is 12.9. The van der Waals surface area contributed by atoms with Crippen molar-refractivity contribution in [3.05, 3.63) is 17.6 Å². The van der Waals surface area contributed by atoms with Crippen LogP contribution in [0.5, 0.6) is 0 Å². The third-order valence-electron chi connectivity index (χ3n) is 4.85. The molecule has 1 aromatic rings. The largest absolute Gasteiger partial charge is 0.367 e. The van der Waals surface area contributed by atoms with E-state index in [0.29, 0.717) is 6.04 Å². The molecule has 1 N–H and O–H groups in total. The van der Waals surface area contributed by atoms with Gasteiger partial charge in [-0.05, 0) is 32.1 Å². The van der Waals surface area contributed by atoms with Gasteiger partial charge in [0, 0.05) is 44.2 Å². The first kappa shape index (κ1) is 13.8. The fraction of sp³-hybridized carbons (Fsp3) is 0.688. The molecule has 2 fully saturated rings. The van der Waals surface area contributed by atoms with Crippen LogP contribution in [0.2, 0.25) is 0 Å². The highest BCUT2D eigenvalue weighted by atomic mass is 16.2. The number of urea groups is 1. The molecule has 1 saturated carbocycles. The van der Waals surface area contributed by atoms with Crippen molar-refractivity contribution in [1.29, 1.82) is 0 Å². The molecule has 0 aromatic carbocycles. The number of rotatable bonds is 2. The Morgan fingerprint density at radius 1 is 1.05 bits per heavy atom. The molecule has 3 heterocycles. The van der Waals surface area contributed by atoms with Crippen molar-refractivity contribution in [2.24, 2.45) is 0 Å². The predicted octanol–water partition coefficient (Wildman–Crippen LogP) is 1.67. The van der Waals surface area contributed by atoms with Gasteiger partial charge in [0.05, 0.1) is 5.69 Å². The van der Waals surface area contributed by atoms with Crippen molar-refractivity contribution in [2.45, 2.75) is 44.6 Å². The van der Waals surface area contributed by atoms with Gasteiger partial charge in [-0.1, -0.05) is 0 Å². The smallest absolute Gasteiger partial charge is 0.320 e. The third kappa shape index (κ3) is 2.74. The maximum atomic E-state index is 12.6. The average Bonchev–Trinajstić information content (AvgIpc) is 3.23. The Morgan fingerprint density at radius 2 is 1.77 bits per heavy atom. The zero-order valence-corrected chi connectivity index (χ0v) is 12.9. The van der Waals surface area contributed by atoms with E-state index in [1.54, 1.807) is 6.33 Å². The average molecular weight is 301 g/mol. The molecule has 4 rings (SSSR count). The molecule has 0 spiro atoms. The number of fused-ring (bicyclic) bond motifs is 1. The van der Waals surface area contributed by atoms with Crippen LogP contribution in [0.1, 0.15) is 36.9 Å². The van der Waals surface area contributed by atoms with Crippen LogP contribution in [0.25, 0.3) is 0 Å². The van der Waals surface area contributed by atoms with Gasteiger partial charge in [0.2, 0.25) is 0 Å². The van der Waals surface area contributed by atoms with Gasteiger partial charge in [-0.2, -0.15) is 0 Å². The standard InChI is InChI=1S/C16H23N5O/c22-16(20-7-1-2-8-20)21-9-5-13-14(6-10-21)17-11-18-15(13)19-12-3-4-12/h11-12H,1-10H2,(H,17,18,19). The lowest BCUT2D eigenvalue weighted by molar-refractivity contribution is 0.164. The van der Waals surface area contributed by atoms with Gasteiger partial charge in [0.25, 0.3) is 0 Å². The topological polar surface area (TPSA) is 61.4 Å². The van der Waals surface area contributed by atoms with Gasteiger partial charge in [-0.25, -0.2) is 14.8 Å². The molecule has 22 heavy (non-hydrogen) atoms. The Kier molecular flexibility index (Phi) is 3.60. The van der Waals surface area contributed by atoms with Gasteiger partial charge in [-0.15, -0.1) is 0 Å². The summed E-state index contributed by atoms with van der Waals surface area (Å²) in [6.07, 6.45) is 8.08. The van der Waals surface area contributed by atoms with E-state index >= 15 is 0 Å². The predicted molar refractivity (Wildman–Crippen MR) is 83.9 cm³/mol. The Hall–Kier alpha value is -1.85. The number of carbonyl (C=O) groups is 1. The molecule has 6 nitrogen and oxygen atoms in total. The number of aromatic nitrogens is 2. The number of carbonyl (C=O) groups excluding carboxylic acids is 1. The first-order valence-electron chi connectivity index (χ1n) is 8.44. The van der Waals surface area contributed by atoms with Crippen LogP contribution < -0.4 is 5.32 Å². The van der Waals surface area contributed by atoms with E-state index in [1.165, 1.54) is 18.4 Å². The SMILES string of the molecule is O=C(N1CCCC1)N1CCc2ncnc(NC3CC3)c2CC1. The molecule has 0 bridgehead atoms. The summed E-state index contributed by atoms with van der Waals surface area (Å²) in [5.41, 5.74) is 2.32. The summed E-state index contributed by atoms with van der Waals surface area (Å²) in [7, 11) is 0. The number of amides is 2. The highest BCUT2D eigenvalue weighted by Gasteiger charge is 2.28. The van der Waals surface area contributed by atoms with E-state index in [1.807, 2.05) is 9.80 Å². The molecule has 2 aliphatic heterocycles. The van der Waals surface area contributed by atoms with E-state index in [-0.39, 0.29) is 6.03 Å². The van der Waals surface area contributed by atoms with Crippen LogP contribution in [-0.4, -0.2) is 58.0 Å². The number of hydrogen-bond donors (Lipinski definition) is 1. The van der Waals surface area contributed by atoms with E-state index in [2.05, 4.69) is 15.3 Å². The van der Waals surface area contributed by atoms with Crippen LogP contribution in [0.3, 0.4) is 0 Å². The third-order valence-corrected chi connectivity index (χ3v) is 4.85. The van der Waals surface area contributed by atoms with Crippen molar-refractivity contribution in [1.82, 2.24) is 19.8 Å². The lowest BCUT2D eigenvalue weighted by Crippen LogP contribution is -2.42. The molecular formula is C16H23N5O. The fourth-order valence-electron chi connectivity index (χ4n) is 3.37. The van der Waals surface area contributed by atoms with Crippen molar-refractivity contribution in [3.8, 4) is 0 Å². The second-order valence-corrected chi connectivity index (χ2v) is 6.53. The fourth-order valence-corrected chi connectivity index (χ4v) is 3.37. The Balaban J connectivity index is 1.48. The lowest BCUT2D eigenvalue weighted by Gasteiger charge is -2.26. The van der Waals surface area contributed by atoms with Crippen LogP contribution >= 0.6 is 0 Å². The maximum absolute atomic E-state index is 12.6. The summed E-state index contributed by atoms with van der Waals surface area (Å²) in [5.74, 6) is 0.989. The Bertz CT molecular complexity index is 566. The van der Waals surface area contributed by atoms with Crippen LogP contribution in [-0.2, 0) is 12.8 Å². The minimum absolute atomic E-state index is 0.204. The van der Waals surface area contributed by atoms with Crippen molar-refractivity contribution < 1.29 is 4.79 Å². The summed E-state index contributed by atoms with van der Waals surface area (Å²) in [6, 6.07) is 0.791. The highest BCUT2D eigenvalue weighted by Crippen LogP contribution is 2.28. The number of hydrogen-bond acceptors (Lipinski definition) is 4. The molecule has 1 aromatic heterocycles. The molecule has 0 atom stereocenters. The summed E-state index contributed by atoms with van der Waals surface area (Å²) >= 11 is 0. The molecule has 118 valence electrons. The zero-order chi connectivity index (χ0) is 14.9. The van der Waals surface area contributed by atoms with Gasteiger partial charge in [0.15, 0.2) is 0 Å². The van der Waals surface area contributed by atoms with Crippen molar-refractivity contribution >= 4 is 11.8 Å². The molecule has 6 heteroatoms. The monoisotopic (exact) mass is 301 g/mol. The molecular weight excluding hydrogens is 278 g/mol. The molecule has 1 aliphatic carbocycles. The van der Waals surface area contributed by atoms with Crippen molar-refractivity contribution in [2.75, 3.05) is 31.5 Å². The molecule has 0 radical (unpaired) electrons. The first-order valence-corrected chi connectivity index (χ1v) is 8.44. The maximum Gasteiger partial charge on any atom is 0.320 e.